The lowest BCUT2D eigenvalue weighted by Gasteiger charge is -2.28. The quantitative estimate of drug-likeness (QED) is 0.833. The highest BCUT2D eigenvalue weighted by Crippen LogP contribution is 2.31. The molecule has 0 spiro atoms. The van der Waals surface area contributed by atoms with Crippen molar-refractivity contribution in [1.29, 1.82) is 0 Å². The molecule has 5 heteroatoms. The molecular formula is C19H26N2O3. The van der Waals surface area contributed by atoms with E-state index in [4.69, 9.17) is 9.47 Å². The van der Waals surface area contributed by atoms with Crippen LogP contribution in [0.1, 0.15) is 34.1 Å². The van der Waals surface area contributed by atoms with E-state index >= 15 is 0 Å². The van der Waals surface area contributed by atoms with Crippen LogP contribution in [0.3, 0.4) is 0 Å². The van der Waals surface area contributed by atoms with Gasteiger partial charge in [0.05, 0.1) is 12.3 Å². The molecule has 2 aromatic rings. The smallest absolute Gasteiger partial charge is 0.256 e. The molecule has 0 aliphatic carbocycles. The van der Waals surface area contributed by atoms with Gasteiger partial charge < -0.3 is 14.8 Å². The van der Waals surface area contributed by atoms with E-state index in [0.717, 1.165) is 10.9 Å². The number of ether oxygens (including phenoxy) is 2. The molecule has 0 radical (unpaired) electrons. The normalized spacial score (nSPS) is 13.8. The molecule has 1 heterocycles. The first-order valence-electron chi connectivity index (χ1n) is 8.28. The van der Waals surface area contributed by atoms with Crippen LogP contribution in [0.4, 0.5) is 5.69 Å². The summed E-state index contributed by atoms with van der Waals surface area (Å²) < 4.78 is 11.1. The van der Waals surface area contributed by atoms with Crippen LogP contribution in [0.2, 0.25) is 0 Å². The van der Waals surface area contributed by atoms with Crippen molar-refractivity contribution < 1.29 is 14.3 Å². The number of nitrogens with one attached hydrogen (secondary N) is 1. The summed E-state index contributed by atoms with van der Waals surface area (Å²) in [6.45, 7) is 8.45. The average molecular weight is 330 g/mol. The lowest BCUT2D eigenvalue weighted by atomic mass is 9.93. The minimum absolute atomic E-state index is 0.159. The van der Waals surface area contributed by atoms with Crippen LogP contribution in [-0.2, 0) is 9.53 Å². The Balaban J connectivity index is 2.36. The zero-order valence-electron chi connectivity index (χ0n) is 15.1. The molecule has 0 aliphatic rings. The number of benzene rings is 1. The predicted molar refractivity (Wildman–Crippen MR) is 96.4 cm³/mol. The van der Waals surface area contributed by atoms with Gasteiger partial charge in [-0.25, -0.2) is 0 Å². The number of rotatable bonds is 7. The van der Waals surface area contributed by atoms with Gasteiger partial charge in [0.2, 0.25) is 0 Å². The number of methoxy groups -OCH3 is 1. The Bertz CT molecular complexity index is 715. The van der Waals surface area contributed by atoms with Gasteiger partial charge in [-0.1, -0.05) is 13.8 Å². The van der Waals surface area contributed by atoms with Crippen molar-refractivity contribution in [3.63, 3.8) is 0 Å². The summed E-state index contributed by atoms with van der Waals surface area (Å²) in [5.74, 6) is 0.898. The molecule has 2 rings (SSSR count). The molecule has 0 saturated heterocycles. The number of carbonyl (C=O) groups excluding carboxylic acids is 1. The number of anilines is 1. The predicted octanol–water partition coefficient (Wildman–Crippen LogP) is 4.02. The van der Waals surface area contributed by atoms with Gasteiger partial charge in [-0.3, -0.25) is 9.78 Å². The van der Waals surface area contributed by atoms with Crippen molar-refractivity contribution in [1.82, 2.24) is 4.98 Å². The van der Waals surface area contributed by atoms with Crippen LogP contribution in [0.25, 0.3) is 10.9 Å². The first kappa shape index (κ1) is 18.2. The Morgan fingerprint density at radius 2 is 2.08 bits per heavy atom. The summed E-state index contributed by atoms with van der Waals surface area (Å²) >= 11 is 0. The van der Waals surface area contributed by atoms with E-state index < -0.39 is 5.60 Å². The number of hydrogen-bond donors (Lipinski definition) is 1. The van der Waals surface area contributed by atoms with E-state index in [9.17, 15) is 4.79 Å². The Morgan fingerprint density at radius 3 is 2.71 bits per heavy atom. The highest BCUT2D eigenvalue weighted by atomic mass is 16.5. The number of fused-ring (bicyclic) bond motifs is 1. The van der Waals surface area contributed by atoms with Gasteiger partial charge in [-0.05, 0) is 50.5 Å². The Kier molecular flexibility index (Phi) is 5.78. The number of nitrogens with zero attached hydrogens (tertiary/aromatic N) is 1. The summed E-state index contributed by atoms with van der Waals surface area (Å²) in [6, 6.07) is 7.45. The van der Waals surface area contributed by atoms with Gasteiger partial charge in [-0.15, -0.1) is 0 Å². The summed E-state index contributed by atoms with van der Waals surface area (Å²) in [4.78, 5) is 17.2. The van der Waals surface area contributed by atoms with Crippen LogP contribution >= 0.6 is 0 Å². The van der Waals surface area contributed by atoms with Crippen molar-refractivity contribution in [2.75, 3.05) is 19.0 Å². The molecule has 0 unspecified atom stereocenters. The maximum atomic E-state index is 12.8. The lowest BCUT2D eigenvalue weighted by molar-refractivity contribution is -0.137. The maximum Gasteiger partial charge on any atom is 0.256 e. The van der Waals surface area contributed by atoms with Crippen LogP contribution in [-0.4, -0.2) is 30.2 Å². The fraction of sp³-hybridized carbons (Fsp3) is 0.474. The van der Waals surface area contributed by atoms with Crippen molar-refractivity contribution in [3.8, 4) is 5.75 Å². The largest absolute Gasteiger partial charge is 0.492 e. The van der Waals surface area contributed by atoms with E-state index in [2.05, 4.69) is 24.1 Å². The molecule has 0 bridgehead atoms. The fourth-order valence-corrected chi connectivity index (χ4v) is 2.83. The number of hydrogen-bond acceptors (Lipinski definition) is 4. The third kappa shape index (κ3) is 3.85. The molecular weight excluding hydrogens is 304 g/mol. The zero-order valence-corrected chi connectivity index (χ0v) is 15.1. The number of pyridine rings is 1. The third-order valence-electron chi connectivity index (χ3n) is 4.01. The Morgan fingerprint density at radius 1 is 1.33 bits per heavy atom. The van der Waals surface area contributed by atoms with E-state index in [1.165, 1.54) is 0 Å². The molecule has 1 atom stereocenters. The highest BCUT2D eigenvalue weighted by molar-refractivity contribution is 6.05. The second-order valence-electron chi connectivity index (χ2n) is 6.43. The number of aromatic nitrogens is 1. The molecule has 1 N–H and O–H groups in total. The third-order valence-corrected chi connectivity index (χ3v) is 4.01. The van der Waals surface area contributed by atoms with Gasteiger partial charge in [0.1, 0.15) is 16.9 Å². The van der Waals surface area contributed by atoms with E-state index in [0.29, 0.717) is 30.4 Å². The van der Waals surface area contributed by atoms with Crippen LogP contribution in [0.15, 0.2) is 30.5 Å². The van der Waals surface area contributed by atoms with Gasteiger partial charge in [0.25, 0.3) is 5.91 Å². The lowest BCUT2D eigenvalue weighted by Crippen LogP contribution is -2.43. The molecule has 1 amide bonds. The monoisotopic (exact) mass is 330 g/mol. The van der Waals surface area contributed by atoms with Gasteiger partial charge in [0.15, 0.2) is 0 Å². The van der Waals surface area contributed by atoms with Crippen molar-refractivity contribution in [2.45, 2.75) is 39.7 Å². The second kappa shape index (κ2) is 7.62. The van der Waals surface area contributed by atoms with E-state index in [-0.39, 0.29) is 5.91 Å². The highest BCUT2D eigenvalue weighted by Gasteiger charge is 2.34. The summed E-state index contributed by atoms with van der Waals surface area (Å²) in [6.07, 6.45) is 2.36. The number of amides is 1. The van der Waals surface area contributed by atoms with Gasteiger partial charge in [0, 0.05) is 18.7 Å². The van der Waals surface area contributed by atoms with Crippen molar-refractivity contribution >= 4 is 22.5 Å². The molecule has 0 fully saturated rings. The molecule has 24 heavy (non-hydrogen) atoms. The number of carbonyl (C=O) groups is 1. The SMILES string of the molecule is CCOc1ccc(NC(=O)[C@@](C)(CC(C)C)OC)c2cccnc12. The average Bonchev–Trinajstić information content (AvgIpc) is 2.56. The summed E-state index contributed by atoms with van der Waals surface area (Å²) in [5, 5.41) is 3.84. The molecule has 0 aliphatic heterocycles. The van der Waals surface area contributed by atoms with E-state index in [1.807, 2.05) is 38.1 Å². The van der Waals surface area contributed by atoms with Crippen molar-refractivity contribution in [3.05, 3.63) is 30.5 Å². The minimum Gasteiger partial charge on any atom is -0.492 e. The fourth-order valence-electron chi connectivity index (χ4n) is 2.83. The second-order valence-corrected chi connectivity index (χ2v) is 6.43. The zero-order chi connectivity index (χ0) is 17.7. The maximum absolute atomic E-state index is 12.8. The first-order valence-corrected chi connectivity index (χ1v) is 8.28. The Hall–Kier alpha value is -2.14. The van der Waals surface area contributed by atoms with Crippen LogP contribution in [0, 0.1) is 5.92 Å². The summed E-state index contributed by atoms with van der Waals surface area (Å²) in [5.41, 5.74) is 0.570. The van der Waals surface area contributed by atoms with Crippen LogP contribution in [0.5, 0.6) is 5.75 Å². The van der Waals surface area contributed by atoms with Gasteiger partial charge in [-0.2, -0.15) is 0 Å². The molecule has 1 aromatic heterocycles. The molecule has 5 nitrogen and oxygen atoms in total. The minimum atomic E-state index is -0.874. The van der Waals surface area contributed by atoms with E-state index in [1.54, 1.807) is 13.3 Å². The van der Waals surface area contributed by atoms with Crippen LogP contribution < -0.4 is 10.1 Å². The molecule has 130 valence electrons. The first-order chi connectivity index (χ1) is 11.4. The molecule has 0 saturated carbocycles. The molecule has 1 aromatic carbocycles. The van der Waals surface area contributed by atoms with Crippen molar-refractivity contribution in [2.24, 2.45) is 5.92 Å². The standard InChI is InChI=1S/C19H26N2O3/c1-6-24-16-10-9-15(14-8-7-11-20-17(14)16)21-18(22)19(4,23-5)12-13(2)3/h7-11,13H,6,12H2,1-5H3,(H,21,22)/t19-/m1/s1. The topological polar surface area (TPSA) is 60.5 Å². The Labute approximate surface area is 143 Å². The van der Waals surface area contributed by atoms with Gasteiger partial charge >= 0.3 is 0 Å². The summed E-state index contributed by atoms with van der Waals surface area (Å²) in [7, 11) is 1.57.